The lowest BCUT2D eigenvalue weighted by Gasteiger charge is -2.10. The van der Waals surface area contributed by atoms with Gasteiger partial charge in [0.2, 0.25) is 0 Å². The fraction of sp³-hybridized carbons (Fsp3) is 0.250. The zero-order valence-corrected chi connectivity index (χ0v) is 10.6. The molecule has 18 heavy (non-hydrogen) atoms. The van der Waals surface area contributed by atoms with Gasteiger partial charge < -0.3 is 9.47 Å². The van der Waals surface area contributed by atoms with Crippen LogP contribution in [0.25, 0.3) is 0 Å². The molecule has 0 N–H and O–H groups in total. The number of esters is 2. The van der Waals surface area contributed by atoms with Gasteiger partial charge in [-0.3, -0.25) is 4.79 Å². The molecule has 0 fully saturated rings. The molecule has 5 nitrogen and oxygen atoms in total. The van der Waals surface area contributed by atoms with Gasteiger partial charge in [0.15, 0.2) is 0 Å². The quantitative estimate of drug-likeness (QED) is 0.779. The number of hydrogen-bond acceptors (Lipinski definition) is 5. The minimum Gasteiger partial charge on any atom is -0.469 e. The fourth-order valence-corrected chi connectivity index (χ4v) is 1.67. The maximum atomic E-state index is 11.5. The van der Waals surface area contributed by atoms with Gasteiger partial charge in [-0.2, -0.15) is 5.26 Å². The number of halogens is 1. The highest BCUT2D eigenvalue weighted by atomic mass is 35.5. The molecule has 0 unspecified atom stereocenters. The molecule has 0 bridgehead atoms. The molecule has 0 atom stereocenters. The summed E-state index contributed by atoms with van der Waals surface area (Å²) in [5, 5.41) is 8.92. The summed E-state index contributed by atoms with van der Waals surface area (Å²) in [5.41, 5.74) is 0.560. The van der Waals surface area contributed by atoms with E-state index in [1.807, 2.05) is 6.07 Å². The second-order valence-electron chi connectivity index (χ2n) is 3.31. The van der Waals surface area contributed by atoms with Crippen molar-refractivity contribution in [3.8, 4) is 6.07 Å². The molecule has 6 heteroatoms. The second-order valence-corrected chi connectivity index (χ2v) is 3.69. The number of carbonyl (C=O) groups excluding carboxylic acids is 2. The summed E-state index contributed by atoms with van der Waals surface area (Å²) < 4.78 is 9.11. The van der Waals surface area contributed by atoms with E-state index in [1.165, 1.54) is 26.4 Å². The highest BCUT2D eigenvalue weighted by Gasteiger charge is 2.20. The first-order valence-corrected chi connectivity index (χ1v) is 5.29. The molecule has 0 amide bonds. The van der Waals surface area contributed by atoms with E-state index < -0.39 is 11.9 Å². The van der Waals surface area contributed by atoms with Crippen LogP contribution < -0.4 is 0 Å². The molecule has 0 aliphatic carbocycles. The molecule has 0 spiro atoms. The van der Waals surface area contributed by atoms with Crippen LogP contribution in [0.2, 0.25) is 5.02 Å². The molecule has 0 saturated heterocycles. The number of benzene rings is 1. The maximum absolute atomic E-state index is 11.5. The lowest BCUT2D eigenvalue weighted by atomic mass is 10.0. The van der Waals surface area contributed by atoms with Crippen molar-refractivity contribution in [1.82, 2.24) is 0 Å². The number of methoxy groups -OCH3 is 2. The van der Waals surface area contributed by atoms with E-state index in [4.69, 9.17) is 16.9 Å². The molecule has 0 heterocycles. The van der Waals surface area contributed by atoms with Crippen molar-refractivity contribution in [3.05, 3.63) is 33.8 Å². The number of rotatable bonds is 3. The van der Waals surface area contributed by atoms with Gasteiger partial charge in [-0.1, -0.05) is 11.6 Å². The Morgan fingerprint density at radius 2 is 2.00 bits per heavy atom. The summed E-state index contributed by atoms with van der Waals surface area (Å²) in [4.78, 5) is 22.8. The van der Waals surface area contributed by atoms with Crippen LogP contribution in [0.15, 0.2) is 12.1 Å². The summed E-state index contributed by atoms with van der Waals surface area (Å²) in [6.45, 7) is 0. The third-order valence-corrected chi connectivity index (χ3v) is 2.75. The van der Waals surface area contributed by atoms with Crippen molar-refractivity contribution in [3.63, 3.8) is 0 Å². The van der Waals surface area contributed by atoms with Gasteiger partial charge in [0.05, 0.1) is 36.8 Å². The zero-order chi connectivity index (χ0) is 13.7. The van der Waals surface area contributed by atoms with Crippen LogP contribution in [0, 0.1) is 11.3 Å². The van der Waals surface area contributed by atoms with E-state index in [-0.39, 0.29) is 28.1 Å². The van der Waals surface area contributed by atoms with E-state index >= 15 is 0 Å². The molecule has 0 saturated carbocycles. The minimum atomic E-state index is -0.625. The SMILES string of the molecule is COC(=O)Cc1c(C(=O)OC)ccc(C#N)c1Cl. The lowest BCUT2D eigenvalue weighted by Crippen LogP contribution is -2.12. The van der Waals surface area contributed by atoms with Gasteiger partial charge in [0, 0.05) is 0 Å². The summed E-state index contributed by atoms with van der Waals surface area (Å²) in [7, 11) is 2.44. The summed E-state index contributed by atoms with van der Waals surface area (Å²) in [6.07, 6.45) is -0.199. The largest absolute Gasteiger partial charge is 0.469 e. The first-order valence-electron chi connectivity index (χ1n) is 4.91. The highest BCUT2D eigenvalue weighted by molar-refractivity contribution is 6.33. The molecule has 94 valence electrons. The van der Waals surface area contributed by atoms with Crippen molar-refractivity contribution in [2.24, 2.45) is 0 Å². The van der Waals surface area contributed by atoms with Crippen LogP contribution in [-0.2, 0) is 20.7 Å². The predicted octanol–water partition coefficient (Wildman–Crippen LogP) is 1.71. The van der Waals surface area contributed by atoms with Crippen molar-refractivity contribution >= 4 is 23.5 Å². The number of nitrogens with zero attached hydrogens (tertiary/aromatic N) is 1. The molecular weight excluding hydrogens is 258 g/mol. The van der Waals surface area contributed by atoms with E-state index in [0.29, 0.717) is 0 Å². The van der Waals surface area contributed by atoms with Gasteiger partial charge in [-0.25, -0.2) is 4.79 Å². The topological polar surface area (TPSA) is 76.4 Å². The van der Waals surface area contributed by atoms with Crippen LogP contribution in [0.1, 0.15) is 21.5 Å². The van der Waals surface area contributed by atoms with Gasteiger partial charge in [0.1, 0.15) is 6.07 Å². The smallest absolute Gasteiger partial charge is 0.338 e. The predicted molar refractivity (Wildman–Crippen MR) is 63.2 cm³/mol. The summed E-state index contributed by atoms with van der Waals surface area (Å²) >= 11 is 5.98. The zero-order valence-electron chi connectivity index (χ0n) is 9.82. The standard InChI is InChI=1S/C12H10ClNO4/c1-17-10(15)5-9-8(12(16)18-2)4-3-7(6-14)11(9)13/h3-4H,5H2,1-2H3. The number of hydrogen-bond donors (Lipinski definition) is 0. The number of nitriles is 1. The van der Waals surface area contributed by atoms with Gasteiger partial charge in [-0.15, -0.1) is 0 Å². The molecule has 0 aliphatic heterocycles. The second kappa shape index (κ2) is 6.03. The Morgan fingerprint density at radius 3 is 2.50 bits per heavy atom. The Balaban J connectivity index is 3.36. The van der Waals surface area contributed by atoms with Crippen LogP contribution >= 0.6 is 11.6 Å². The van der Waals surface area contributed by atoms with E-state index in [1.54, 1.807) is 0 Å². The minimum absolute atomic E-state index is 0.0609. The third kappa shape index (κ3) is 2.79. The van der Waals surface area contributed by atoms with E-state index in [2.05, 4.69) is 9.47 Å². The Hall–Kier alpha value is -2.06. The van der Waals surface area contributed by atoms with Crippen LogP contribution in [0.5, 0.6) is 0 Å². The number of carbonyl (C=O) groups is 2. The van der Waals surface area contributed by atoms with Gasteiger partial charge >= 0.3 is 11.9 Å². The van der Waals surface area contributed by atoms with Crippen molar-refractivity contribution < 1.29 is 19.1 Å². The van der Waals surface area contributed by atoms with Crippen molar-refractivity contribution in [2.45, 2.75) is 6.42 Å². The molecular formula is C12H10ClNO4. The maximum Gasteiger partial charge on any atom is 0.338 e. The van der Waals surface area contributed by atoms with E-state index in [0.717, 1.165) is 0 Å². The third-order valence-electron chi connectivity index (χ3n) is 2.32. The van der Waals surface area contributed by atoms with Gasteiger partial charge in [-0.05, 0) is 17.7 Å². The molecule has 0 aliphatic rings. The monoisotopic (exact) mass is 267 g/mol. The summed E-state index contributed by atoms with van der Waals surface area (Å²) in [6, 6.07) is 4.67. The Morgan fingerprint density at radius 1 is 1.33 bits per heavy atom. The molecule has 0 radical (unpaired) electrons. The first-order chi connectivity index (χ1) is 8.54. The highest BCUT2D eigenvalue weighted by Crippen LogP contribution is 2.25. The lowest BCUT2D eigenvalue weighted by molar-refractivity contribution is -0.139. The average Bonchev–Trinajstić information content (AvgIpc) is 2.39. The van der Waals surface area contributed by atoms with Crippen LogP contribution in [-0.4, -0.2) is 26.2 Å². The Labute approximate surface area is 109 Å². The van der Waals surface area contributed by atoms with Crippen molar-refractivity contribution in [1.29, 1.82) is 5.26 Å². The van der Waals surface area contributed by atoms with Gasteiger partial charge in [0.25, 0.3) is 0 Å². The normalized spacial score (nSPS) is 9.44. The molecule has 1 aromatic carbocycles. The first kappa shape index (κ1) is 14.0. The van der Waals surface area contributed by atoms with Crippen LogP contribution in [0.3, 0.4) is 0 Å². The number of ether oxygens (including phenoxy) is 2. The molecule has 1 rings (SSSR count). The van der Waals surface area contributed by atoms with Crippen LogP contribution in [0.4, 0.5) is 0 Å². The molecule has 1 aromatic rings. The fourth-order valence-electron chi connectivity index (χ4n) is 1.40. The van der Waals surface area contributed by atoms with Crippen molar-refractivity contribution in [2.75, 3.05) is 14.2 Å². The Kier molecular flexibility index (Phi) is 4.69. The van der Waals surface area contributed by atoms with E-state index in [9.17, 15) is 9.59 Å². The summed E-state index contributed by atoms with van der Waals surface area (Å²) in [5.74, 6) is -1.18. The molecule has 0 aromatic heterocycles. The Bertz CT molecular complexity index is 534. The average molecular weight is 268 g/mol.